The van der Waals surface area contributed by atoms with Crippen LogP contribution in [-0.4, -0.2) is 79.7 Å². The van der Waals surface area contributed by atoms with Gasteiger partial charge in [-0.1, -0.05) is 47.5 Å². The van der Waals surface area contributed by atoms with Gasteiger partial charge < -0.3 is 25.7 Å². The van der Waals surface area contributed by atoms with Gasteiger partial charge in [-0.25, -0.2) is 9.67 Å². The number of nitrogens with one attached hydrogen (secondary N) is 2. The molecule has 242 valence electrons. The highest BCUT2D eigenvalue weighted by Crippen LogP contribution is 2.41. The maximum Gasteiger partial charge on any atom is 0.276 e. The number of benzene rings is 2. The van der Waals surface area contributed by atoms with Crippen LogP contribution in [0.25, 0.3) is 22.0 Å². The van der Waals surface area contributed by atoms with E-state index in [-0.39, 0.29) is 24.3 Å². The molecule has 13 heteroatoms. The molecule has 1 amide bonds. The van der Waals surface area contributed by atoms with Crippen LogP contribution < -0.4 is 15.5 Å². The van der Waals surface area contributed by atoms with Crippen molar-refractivity contribution >= 4 is 63.0 Å². The molecule has 11 nitrogen and oxygen atoms in total. The van der Waals surface area contributed by atoms with E-state index in [0.717, 1.165) is 49.2 Å². The number of carbonyl (C=O) groups is 1. The molecule has 0 radical (unpaired) electrons. The zero-order valence-electron chi connectivity index (χ0n) is 25.5. The normalized spacial score (nSPS) is 16.4. The quantitative estimate of drug-likeness (QED) is 0.159. The number of rotatable bonds is 9. The van der Waals surface area contributed by atoms with E-state index in [4.69, 9.17) is 28.2 Å². The van der Waals surface area contributed by atoms with Crippen molar-refractivity contribution in [3.05, 3.63) is 88.3 Å². The maximum atomic E-state index is 13.3. The highest BCUT2D eigenvalue weighted by atomic mass is 35.5. The predicted molar refractivity (Wildman–Crippen MR) is 185 cm³/mol. The highest BCUT2D eigenvalue weighted by molar-refractivity contribution is 6.39. The molecule has 2 aliphatic rings. The minimum atomic E-state index is -0.382. The SMILES string of the molecule is O=C(Nc1cccc(-c2cccc(Nc3nccc4cc(CN5CC[C@@H](O)C5)cnc34)c2Cl)c1Cl)c1cc2n(n1)CCCN2CCO. The number of aliphatic hydroxyl groups excluding tert-OH is 2. The van der Waals surface area contributed by atoms with Crippen molar-refractivity contribution < 1.29 is 15.0 Å². The Balaban J connectivity index is 1.11. The molecule has 0 bridgehead atoms. The molecule has 1 fully saturated rings. The topological polar surface area (TPSA) is 132 Å². The van der Waals surface area contributed by atoms with Gasteiger partial charge in [0.2, 0.25) is 0 Å². The summed E-state index contributed by atoms with van der Waals surface area (Å²) in [7, 11) is 0. The summed E-state index contributed by atoms with van der Waals surface area (Å²) in [5, 5.41) is 31.8. The Labute approximate surface area is 281 Å². The standard InChI is InChI=1S/C34H34Cl2N8O3/c35-30-24(25-5-2-7-27(31(25)36)40-34(47)28-17-29-43(14-15-45)11-3-12-44(29)41-28)4-1-6-26(30)39-33-32-22(8-10-37-33)16-21(18-38-32)19-42-13-9-23(46)20-42/h1-2,4-8,10,16-18,23,45-46H,3,9,11-15,19-20H2,(H,37,39)(H,40,47)/t23-/m1/s1. The van der Waals surface area contributed by atoms with Gasteiger partial charge in [0.25, 0.3) is 5.91 Å². The van der Waals surface area contributed by atoms with Gasteiger partial charge in [0.15, 0.2) is 11.5 Å². The third-order valence-electron chi connectivity index (χ3n) is 8.58. The lowest BCUT2D eigenvalue weighted by atomic mass is 10.0. The fourth-order valence-electron chi connectivity index (χ4n) is 6.29. The zero-order valence-corrected chi connectivity index (χ0v) is 27.0. The molecule has 5 aromatic rings. The molecule has 47 heavy (non-hydrogen) atoms. The first-order chi connectivity index (χ1) is 22.9. The molecule has 0 saturated carbocycles. The fourth-order valence-corrected chi connectivity index (χ4v) is 6.84. The Morgan fingerprint density at radius 2 is 1.77 bits per heavy atom. The van der Waals surface area contributed by atoms with Crippen LogP contribution in [-0.2, 0) is 13.1 Å². The first-order valence-corrected chi connectivity index (χ1v) is 16.4. The Kier molecular flexibility index (Phi) is 8.98. The number of aryl methyl sites for hydroxylation is 1. The number of anilines is 4. The molecule has 7 rings (SSSR count). The molecule has 2 aliphatic heterocycles. The number of hydrogen-bond donors (Lipinski definition) is 4. The number of likely N-dealkylation sites (tertiary alicyclic amines) is 1. The first-order valence-electron chi connectivity index (χ1n) is 15.6. The Morgan fingerprint density at radius 3 is 2.53 bits per heavy atom. The molecule has 5 heterocycles. The zero-order chi connectivity index (χ0) is 32.5. The van der Waals surface area contributed by atoms with E-state index in [1.165, 1.54) is 0 Å². The highest BCUT2D eigenvalue weighted by Gasteiger charge is 2.24. The summed E-state index contributed by atoms with van der Waals surface area (Å²) in [6.45, 7) is 4.28. The number of fused-ring (bicyclic) bond motifs is 2. The number of aromatic nitrogens is 4. The summed E-state index contributed by atoms with van der Waals surface area (Å²) in [6, 6.07) is 16.8. The van der Waals surface area contributed by atoms with Crippen LogP contribution in [0, 0.1) is 0 Å². The smallest absolute Gasteiger partial charge is 0.276 e. The van der Waals surface area contributed by atoms with Crippen LogP contribution in [0.1, 0.15) is 28.9 Å². The average molecular weight is 674 g/mol. The van der Waals surface area contributed by atoms with Crippen molar-refractivity contribution in [2.24, 2.45) is 0 Å². The van der Waals surface area contributed by atoms with Crippen LogP contribution in [0.2, 0.25) is 10.0 Å². The summed E-state index contributed by atoms with van der Waals surface area (Å²) in [5.74, 6) is 0.995. The van der Waals surface area contributed by atoms with E-state index in [2.05, 4.69) is 31.7 Å². The number of hydrogen-bond acceptors (Lipinski definition) is 9. The number of β-amino-alcohol motifs (C(OH)–C–C–N with tert-alkyl or cyclic N) is 2. The second-order valence-corrected chi connectivity index (χ2v) is 12.6. The minimum Gasteiger partial charge on any atom is -0.395 e. The molecule has 0 unspecified atom stereocenters. The third-order valence-corrected chi connectivity index (χ3v) is 9.40. The van der Waals surface area contributed by atoms with Crippen LogP contribution in [0.3, 0.4) is 0 Å². The van der Waals surface area contributed by atoms with E-state index in [1.54, 1.807) is 23.0 Å². The molecule has 4 N–H and O–H groups in total. The van der Waals surface area contributed by atoms with E-state index < -0.39 is 0 Å². The van der Waals surface area contributed by atoms with Gasteiger partial charge >= 0.3 is 0 Å². The molecule has 2 aromatic carbocycles. The molecular formula is C34H34Cl2N8O3. The fraction of sp³-hybridized carbons (Fsp3) is 0.294. The summed E-state index contributed by atoms with van der Waals surface area (Å²) in [5.41, 5.74) is 4.44. The number of halogens is 2. The van der Waals surface area contributed by atoms with E-state index in [1.807, 2.05) is 47.5 Å². The van der Waals surface area contributed by atoms with Crippen LogP contribution >= 0.6 is 23.2 Å². The minimum absolute atomic E-state index is 0.0244. The Bertz CT molecular complexity index is 1950. The van der Waals surface area contributed by atoms with Gasteiger partial charge in [-0.15, -0.1) is 0 Å². The molecular weight excluding hydrogens is 639 g/mol. The number of aliphatic hydroxyl groups is 2. The Morgan fingerprint density at radius 1 is 0.979 bits per heavy atom. The van der Waals surface area contributed by atoms with Crippen LogP contribution in [0.4, 0.5) is 23.0 Å². The molecule has 1 atom stereocenters. The van der Waals surface area contributed by atoms with Crippen molar-refractivity contribution in [3.8, 4) is 11.1 Å². The third kappa shape index (κ3) is 6.50. The van der Waals surface area contributed by atoms with Crippen molar-refractivity contribution in [2.75, 3.05) is 48.3 Å². The number of pyridine rings is 2. The van der Waals surface area contributed by atoms with Gasteiger partial charge in [0, 0.05) is 74.2 Å². The molecule has 0 aliphatic carbocycles. The largest absolute Gasteiger partial charge is 0.395 e. The van der Waals surface area contributed by atoms with Gasteiger partial charge in [-0.2, -0.15) is 5.10 Å². The van der Waals surface area contributed by atoms with E-state index >= 15 is 0 Å². The summed E-state index contributed by atoms with van der Waals surface area (Å²) in [4.78, 5) is 26.8. The second-order valence-electron chi connectivity index (χ2n) is 11.8. The number of carbonyl (C=O) groups excluding carboxylic acids is 1. The van der Waals surface area contributed by atoms with Crippen LogP contribution in [0.5, 0.6) is 0 Å². The average Bonchev–Trinajstić information content (AvgIpc) is 3.70. The maximum absolute atomic E-state index is 13.3. The summed E-state index contributed by atoms with van der Waals surface area (Å²) in [6.07, 6.45) is 5.00. The lowest BCUT2D eigenvalue weighted by Crippen LogP contribution is -2.34. The van der Waals surface area contributed by atoms with Crippen molar-refractivity contribution in [3.63, 3.8) is 0 Å². The first kappa shape index (κ1) is 31.3. The van der Waals surface area contributed by atoms with Gasteiger partial charge in [-0.05, 0) is 42.7 Å². The van der Waals surface area contributed by atoms with Crippen molar-refractivity contribution in [1.82, 2.24) is 24.6 Å². The van der Waals surface area contributed by atoms with Gasteiger partial charge in [-0.3, -0.25) is 14.7 Å². The molecule has 3 aromatic heterocycles. The summed E-state index contributed by atoms with van der Waals surface area (Å²) >= 11 is 13.9. The van der Waals surface area contributed by atoms with Crippen LogP contribution in [0.15, 0.2) is 67.0 Å². The van der Waals surface area contributed by atoms with Gasteiger partial charge in [0.1, 0.15) is 11.3 Å². The Hall–Kier alpha value is -4.26. The predicted octanol–water partition coefficient (Wildman–Crippen LogP) is 5.57. The lowest BCUT2D eigenvalue weighted by Gasteiger charge is -2.28. The van der Waals surface area contributed by atoms with Gasteiger partial charge in [0.05, 0.1) is 34.1 Å². The monoisotopic (exact) mass is 672 g/mol. The number of nitrogens with zero attached hydrogens (tertiary/aromatic N) is 6. The molecule has 1 saturated heterocycles. The summed E-state index contributed by atoms with van der Waals surface area (Å²) < 4.78 is 1.80. The lowest BCUT2D eigenvalue weighted by molar-refractivity contribution is 0.102. The van der Waals surface area contributed by atoms with Crippen molar-refractivity contribution in [2.45, 2.75) is 32.0 Å². The van der Waals surface area contributed by atoms with E-state index in [0.29, 0.717) is 63.5 Å². The van der Waals surface area contributed by atoms with Crippen molar-refractivity contribution in [1.29, 1.82) is 0 Å². The second kappa shape index (κ2) is 13.5. The molecule has 0 spiro atoms. The van der Waals surface area contributed by atoms with E-state index in [9.17, 15) is 15.0 Å². The number of amides is 1.